The van der Waals surface area contributed by atoms with E-state index in [4.69, 9.17) is 16.7 Å². The van der Waals surface area contributed by atoms with Crippen LogP contribution < -0.4 is 15.5 Å². The second-order valence-electron chi connectivity index (χ2n) is 7.13. The number of fused-ring (bicyclic) bond motifs is 2. The fourth-order valence-electron chi connectivity index (χ4n) is 3.57. The lowest BCUT2D eigenvalue weighted by Gasteiger charge is -2.24. The fourth-order valence-corrected chi connectivity index (χ4v) is 3.74. The van der Waals surface area contributed by atoms with E-state index in [-0.39, 0.29) is 12.5 Å². The molecule has 154 valence electrons. The van der Waals surface area contributed by atoms with E-state index in [1.54, 1.807) is 40.0 Å². The Kier molecular flexibility index (Phi) is 5.09. The van der Waals surface area contributed by atoms with Crippen molar-refractivity contribution < 1.29 is 14.7 Å². The minimum atomic E-state index is -1.09. The zero-order valence-electron chi connectivity index (χ0n) is 16.4. The fraction of sp³-hybridized carbons (Fsp3) is 0.190. The van der Waals surface area contributed by atoms with Crippen molar-refractivity contribution in [1.29, 1.82) is 0 Å². The monoisotopic (exact) mass is 425 g/mol. The number of hydrogen-bond donors (Lipinski definition) is 3. The van der Waals surface area contributed by atoms with Gasteiger partial charge in [0.05, 0.1) is 24.1 Å². The molecule has 4 rings (SSSR count). The van der Waals surface area contributed by atoms with Crippen LogP contribution in [0.15, 0.2) is 42.6 Å². The summed E-state index contributed by atoms with van der Waals surface area (Å²) in [5.74, 6) is 0.646. The van der Waals surface area contributed by atoms with Crippen LogP contribution in [0.5, 0.6) is 0 Å². The molecule has 0 aliphatic carbocycles. The van der Waals surface area contributed by atoms with Gasteiger partial charge in [-0.15, -0.1) is 0 Å². The van der Waals surface area contributed by atoms with Crippen LogP contribution in [0.4, 0.5) is 22.0 Å². The van der Waals surface area contributed by atoms with Crippen molar-refractivity contribution in [3.8, 4) is 0 Å². The molecule has 9 heteroatoms. The van der Waals surface area contributed by atoms with Gasteiger partial charge in [-0.05, 0) is 42.3 Å². The molecule has 0 atom stereocenters. The summed E-state index contributed by atoms with van der Waals surface area (Å²) >= 11 is 6.20. The van der Waals surface area contributed by atoms with Crippen molar-refractivity contribution in [2.24, 2.45) is 7.05 Å². The highest BCUT2D eigenvalue weighted by molar-refractivity contribution is 6.31. The Bertz CT molecular complexity index is 1160. The van der Waals surface area contributed by atoms with Gasteiger partial charge in [-0.25, -0.2) is 4.79 Å². The number of benzene rings is 2. The number of aryl methyl sites for hydroxylation is 2. The predicted octanol–water partition coefficient (Wildman–Crippen LogP) is 4.05. The zero-order valence-corrected chi connectivity index (χ0v) is 17.2. The Labute approximate surface area is 178 Å². The molecule has 0 spiro atoms. The summed E-state index contributed by atoms with van der Waals surface area (Å²) < 4.78 is 1.73. The first-order valence-electron chi connectivity index (χ1n) is 9.29. The third-order valence-corrected chi connectivity index (χ3v) is 5.29. The summed E-state index contributed by atoms with van der Waals surface area (Å²) in [6, 6.07) is 10.7. The molecular formula is C21H20ClN5O3. The highest BCUT2D eigenvalue weighted by Gasteiger charge is 2.27. The summed E-state index contributed by atoms with van der Waals surface area (Å²) in [5.41, 5.74) is 4.42. The van der Waals surface area contributed by atoms with Crippen LogP contribution in [0, 0.1) is 6.92 Å². The molecule has 3 N–H and O–H groups in total. The van der Waals surface area contributed by atoms with E-state index >= 15 is 0 Å². The molecule has 2 amide bonds. The van der Waals surface area contributed by atoms with Crippen LogP contribution in [0.25, 0.3) is 0 Å². The van der Waals surface area contributed by atoms with Gasteiger partial charge < -0.3 is 20.6 Å². The summed E-state index contributed by atoms with van der Waals surface area (Å²) in [4.78, 5) is 26.0. The van der Waals surface area contributed by atoms with Gasteiger partial charge in [0, 0.05) is 29.7 Å². The molecule has 1 aliphatic heterocycles. The SMILES string of the molecule is Cc1cc(CNC(=O)O)ccc1C(=O)N1Cc2cnn(C)c2Nc2cc(Cl)ccc21. The van der Waals surface area contributed by atoms with Crippen LogP contribution in [-0.2, 0) is 20.1 Å². The molecule has 0 bridgehead atoms. The molecular weight excluding hydrogens is 406 g/mol. The molecule has 2 aromatic carbocycles. The molecule has 0 radical (unpaired) electrons. The summed E-state index contributed by atoms with van der Waals surface area (Å²) in [5, 5.41) is 19.3. The third-order valence-electron chi connectivity index (χ3n) is 5.06. The van der Waals surface area contributed by atoms with Crippen LogP contribution in [-0.4, -0.2) is 26.9 Å². The Morgan fingerprint density at radius 1 is 1.27 bits per heavy atom. The summed E-state index contributed by atoms with van der Waals surface area (Å²) in [6.45, 7) is 2.37. The number of halogens is 1. The second-order valence-corrected chi connectivity index (χ2v) is 7.56. The largest absolute Gasteiger partial charge is 0.465 e. The number of nitrogens with one attached hydrogen (secondary N) is 2. The van der Waals surface area contributed by atoms with E-state index in [1.165, 1.54) is 0 Å². The van der Waals surface area contributed by atoms with Crippen LogP contribution in [0.1, 0.15) is 27.0 Å². The normalized spacial score (nSPS) is 12.4. The van der Waals surface area contributed by atoms with E-state index < -0.39 is 6.09 Å². The lowest BCUT2D eigenvalue weighted by molar-refractivity contribution is 0.0984. The first kappa shape index (κ1) is 19.8. The number of amides is 2. The van der Waals surface area contributed by atoms with Crippen molar-refractivity contribution in [3.63, 3.8) is 0 Å². The van der Waals surface area contributed by atoms with E-state index in [9.17, 15) is 9.59 Å². The number of carbonyl (C=O) groups is 2. The zero-order chi connectivity index (χ0) is 21.4. The highest BCUT2D eigenvalue weighted by Crippen LogP contribution is 2.38. The molecule has 0 fully saturated rings. The topological polar surface area (TPSA) is 99.5 Å². The number of carbonyl (C=O) groups excluding carboxylic acids is 1. The number of hydrogen-bond acceptors (Lipinski definition) is 4. The average molecular weight is 426 g/mol. The summed E-state index contributed by atoms with van der Waals surface area (Å²) in [6.07, 6.45) is 0.649. The van der Waals surface area contributed by atoms with Gasteiger partial charge in [-0.3, -0.25) is 9.48 Å². The molecule has 2 heterocycles. The lowest BCUT2D eigenvalue weighted by Crippen LogP contribution is -2.30. The first-order valence-corrected chi connectivity index (χ1v) is 9.67. The Balaban J connectivity index is 1.72. The molecule has 3 aromatic rings. The average Bonchev–Trinajstić information content (AvgIpc) is 2.95. The highest BCUT2D eigenvalue weighted by atomic mass is 35.5. The molecule has 0 saturated heterocycles. The molecule has 1 aliphatic rings. The van der Waals surface area contributed by atoms with Crippen molar-refractivity contribution >= 4 is 40.8 Å². The standard InChI is InChI=1S/C21H20ClN5O3/c1-12-7-13(9-23-21(29)30)3-5-16(12)20(28)27-11-14-10-24-26(2)19(14)25-17-8-15(22)4-6-18(17)27/h3-8,10,23,25H,9,11H2,1-2H3,(H,29,30). The van der Waals surface area contributed by atoms with Gasteiger partial charge in [-0.2, -0.15) is 5.10 Å². The molecule has 0 saturated carbocycles. The smallest absolute Gasteiger partial charge is 0.404 e. The van der Waals surface area contributed by atoms with Crippen molar-refractivity contribution in [2.75, 3.05) is 10.2 Å². The minimum absolute atomic E-state index is 0.160. The quantitative estimate of drug-likeness (QED) is 0.587. The van der Waals surface area contributed by atoms with Gasteiger partial charge in [-0.1, -0.05) is 23.7 Å². The Hall–Kier alpha value is -3.52. The minimum Gasteiger partial charge on any atom is -0.465 e. The maximum absolute atomic E-state index is 13.5. The maximum Gasteiger partial charge on any atom is 0.404 e. The number of carboxylic acid groups (broad SMARTS) is 1. The van der Waals surface area contributed by atoms with Crippen molar-refractivity contribution in [2.45, 2.75) is 20.0 Å². The second kappa shape index (κ2) is 7.72. The predicted molar refractivity (Wildman–Crippen MR) is 114 cm³/mol. The van der Waals surface area contributed by atoms with Crippen LogP contribution >= 0.6 is 11.6 Å². The molecule has 1 aromatic heterocycles. The number of nitrogens with zero attached hydrogens (tertiary/aromatic N) is 3. The maximum atomic E-state index is 13.5. The molecule has 0 unspecified atom stereocenters. The van der Waals surface area contributed by atoms with E-state index in [2.05, 4.69) is 15.7 Å². The van der Waals surface area contributed by atoms with Gasteiger partial charge in [0.1, 0.15) is 5.82 Å². The first-order chi connectivity index (χ1) is 14.3. The Morgan fingerprint density at radius 3 is 2.80 bits per heavy atom. The van der Waals surface area contributed by atoms with Crippen molar-refractivity contribution in [1.82, 2.24) is 15.1 Å². The third kappa shape index (κ3) is 3.69. The Morgan fingerprint density at radius 2 is 2.07 bits per heavy atom. The van der Waals surface area contributed by atoms with Gasteiger partial charge in [0.2, 0.25) is 0 Å². The number of aromatic nitrogens is 2. The number of rotatable bonds is 3. The van der Waals surface area contributed by atoms with Gasteiger partial charge in [0.15, 0.2) is 0 Å². The molecule has 30 heavy (non-hydrogen) atoms. The van der Waals surface area contributed by atoms with E-state index in [0.717, 1.165) is 33.9 Å². The van der Waals surface area contributed by atoms with Gasteiger partial charge in [0.25, 0.3) is 5.91 Å². The van der Waals surface area contributed by atoms with Gasteiger partial charge >= 0.3 is 6.09 Å². The van der Waals surface area contributed by atoms with E-state index in [0.29, 0.717) is 17.1 Å². The van der Waals surface area contributed by atoms with E-state index in [1.807, 2.05) is 26.1 Å². The summed E-state index contributed by atoms with van der Waals surface area (Å²) in [7, 11) is 1.83. The van der Waals surface area contributed by atoms with Crippen LogP contribution in [0.3, 0.4) is 0 Å². The molecule has 8 nitrogen and oxygen atoms in total. The van der Waals surface area contributed by atoms with Crippen LogP contribution in [0.2, 0.25) is 5.02 Å². The number of anilines is 3. The van der Waals surface area contributed by atoms with Crippen molar-refractivity contribution in [3.05, 3.63) is 69.9 Å². The lowest BCUT2D eigenvalue weighted by atomic mass is 10.0.